The van der Waals surface area contributed by atoms with Crippen molar-refractivity contribution in [2.24, 2.45) is 5.73 Å². The monoisotopic (exact) mass is 285 g/mol. The van der Waals surface area contributed by atoms with Crippen LogP contribution in [-0.2, 0) is 0 Å². The van der Waals surface area contributed by atoms with Crippen molar-refractivity contribution in [1.82, 2.24) is 4.90 Å². The topological polar surface area (TPSA) is 70.1 Å². The molecule has 21 heavy (non-hydrogen) atoms. The summed E-state index contributed by atoms with van der Waals surface area (Å²) in [5, 5.41) is 8.67. The number of nitrogens with zero attached hydrogens (tertiary/aromatic N) is 2. The lowest BCUT2D eigenvalue weighted by atomic mass is 10.1. The van der Waals surface area contributed by atoms with Crippen molar-refractivity contribution >= 4 is 5.91 Å². The summed E-state index contributed by atoms with van der Waals surface area (Å²) < 4.78 is 13.9. The molecule has 0 aromatic heterocycles. The van der Waals surface area contributed by atoms with Crippen molar-refractivity contribution in [2.45, 2.75) is 25.3 Å². The van der Waals surface area contributed by atoms with Gasteiger partial charge in [-0.1, -0.05) is 11.8 Å². The minimum Gasteiger partial charge on any atom is -0.335 e. The summed E-state index contributed by atoms with van der Waals surface area (Å²) in [5.74, 6) is 4.52. The number of nitrogens with two attached hydrogens (primary N) is 1. The van der Waals surface area contributed by atoms with Gasteiger partial charge in [0.2, 0.25) is 0 Å². The van der Waals surface area contributed by atoms with E-state index in [4.69, 9.17) is 11.0 Å². The number of hydrogen-bond donors (Lipinski definition) is 1. The zero-order valence-electron chi connectivity index (χ0n) is 11.6. The number of hydrogen-bond acceptors (Lipinski definition) is 3. The number of amides is 1. The summed E-state index contributed by atoms with van der Waals surface area (Å²) in [7, 11) is 0. The van der Waals surface area contributed by atoms with Gasteiger partial charge in [0, 0.05) is 18.2 Å². The van der Waals surface area contributed by atoms with Gasteiger partial charge in [-0.3, -0.25) is 4.79 Å². The van der Waals surface area contributed by atoms with Crippen LogP contribution in [0.3, 0.4) is 0 Å². The smallest absolute Gasteiger partial charge is 0.257 e. The van der Waals surface area contributed by atoms with E-state index in [1.165, 1.54) is 18.2 Å². The predicted octanol–water partition coefficient (Wildman–Crippen LogP) is 1.65. The largest absolute Gasteiger partial charge is 0.335 e. The molecule has 0 unspecified atom stereocenters. The van der Waals surface area contributed by atoms with Crippen LogP contribution in [0.5, 0.6) is 0 Å². The molecule has 0 aliphatic heterocycles. The standard InChI is InChI=1S/C16H16FN3O/c17-15-7-4-12(3-1-8-18)11-14(15)16(21)20(10-2-9-19)13-5-6-13/h4,7,11,13H,2,5-6,8,10,18H2. The van der Waals surface area contributed by atoms with Crippen LogP contribution >= 0.6 is 0 Å². The summed E-state index contributed by atoms with van der Waals surface area (Å²) in [4.78, 5) is 14.1. The van der Waals surface area contributed by atoms with Crippen LogP contribution in [0.2, 0.25) is 0 Å². The molecule has 1 saturated carbocycles. The highest BCUT2D eigenvalue weighted by Crippen LogP contribution is 2.29. The third-order valence-electron chi connectivity index (χ3n) is 3.24. The molecule has 1 aliphatic rings. The fraction of sp³-hybridized carbons (Fsp3) is 0.375. The molecule has 4 nitrogen and oxygen atoms in total. The van der Waals surface area contributed by atoms with E-state index in [2.05, 4.69) is 11.8 Å². The maximum Gasteiger partial charge on any atom is 0.257 e. The van der Waals surface area contributed by atoms with Crippen molar-refractivity contribution in [2.75, 3.05) is 13.1 Å². The fourth-order valence-corrected chi connectivity index (χ4v) is 2.08. The normalized spacial score (nSPS) is 13.0. The first-order chi connectivity index (χ1) is 10.2. The Morgan fingerprint density at radius 2 is 2.24 bits per heavy atom. The maximum atomic E-state index is 13.9. The van der Waals surface area contributed by atoms with Gasteiger partial charge in [-0.05, 0) is 31.0 Å². The third-order valence-corrected chi connectivity index (χ3v) is 3.24. The van der Waals surface area contributed by atoms with E-state index < -0.39 is 5.82 Å². The Morgan fingerprint density at radius 3 is 2.86 bits per heavy atom. The van der Waals surface area contributed by atoms with Gasteiger partial charge in [-0.2, -0.15) is 5.26 Å². The lowest BCUT2D eigenvalue weighted by molar-refractivity contribution is 0.0742. The minimum atomic E-state index is -0.569. The first kappa shape index (κ1) is 15.0. The van der Waals surface area contributed by atoms with Gasteiger partial charge >= 0.3 is 0 Å². The zero-order valence-corrected chi connectivity index (χ0v) is 11.6. The Kier molecular flexibility index (Phi) is 4.92. The Balaban J connectivity index is 2.26. The molecule has 0 radical (unpaired) electrons. The number of halogens is 1. The van der Waals surface area contributed by atoms with Gasteiger partial charge in [-0.15, -0.1) is 0 Å². The first-order valence-corrected chi connectivity index (χ1v) is 6.83. The molecule has 0 heterocycles. The molecule has 1 aliphatic carbocycles. The molecule has 108 valence electrons. The number of carbonyl (C=O) groups is 1. The maximum absolute atomic E-state index is 13.9. The molecule has 0 spiro atoms. The molecule has 1 amide bonds. The van der Waals surface area contributed by atoms with Gasteiger partial charge < -0.3 is 10.6 Å². The Hall–Kier alpha value is -2.37. The van der Waals surface area contributed by atoms with E-state index in [1.54, 1.807) is 4.90 Å². The Bertz CT molecular complexity index is 635. The van der Waals surface area contributed by atoms with Crippen LogP contribution in [0, 0.1) is 29.0 Å². The summed E-state index contributed by atoms with van der Waals surface area (Å²) in [5.41, 5.74) is 5.86. The molecule has 0 atom stereocenters. The molecule has 0 saturated heterocycles. The van der Waals surface area contributed by atoms with Crippen LogP contribution in [-0.4, -0.2) is 29.9 Å². The van der Waals surface area contributed by atoms with Crippen molar-refractivity contribution < 1.29 is 9.18 Å². The van der Waals surface area contributed by atoms with Crippen LogP contribution in [0.4, 0.5) is 4.39 Å². The summed E-state index contributed by atoms with van der Waals surface area (Å²) in [6, 6.07) is 6.35. The summed E-state index contributed by atoms with van der Waals surface area (Å²) in [6.45, 7) is 0.537. The van der Waals surface area contributed by atoms with Crippen molar-refractivity contribution in [3.05, 3.63) is 35.1 Å². The van der Waals surface area contributed by atoms with Gasteiger partial charge in [0.25, 0.3) is 5.91 Å². The van der Waals surface area contributed by atoms with Crippen LogP contribution < -0.4 is 5.73 Å². The lowest BCUT2D eigenvalue weighted by Gasteiger charge is -2.21. The summed E-state index contributed by atoms with van der Waals surface area (Å²) in [6.07, 6.45) is 2.06. The quantitative estimate of drug-likeness (QED) is 0.855. The highest BCUT2D eigenvalue weighted by molar-refractivity contribution is 5.95. The molecule has 1 aromatic rings. The van der Waals surface area contributed by atoms with E-state index >= 15 is 0 Å². The van der Waals surface area contributed by atoms with Gasteiger partial charge in [0.15, 0.2) is 0 Å². The lowest BCUT2D eigenvalue weighted by Crippen LogP contribution is -2.34. The molecular formula is C16H16FN3O. The van der Waals surface area contributed by atoms with Crippen molar-refractivity contribution in [3.63, 3.8) is 0 Å². The molecule has 0 bridgehead atoms. The van der Waals surface area contributed by atoms with Crippen LogP contribution in [0.25, 0.3) is 0 Å². The minimum absolute atomic E-state index is 0.00339. The molecule has 5 heteroatoms. The van der Waals surface area contributed by atoms with Gasteiger partial charge in [0.05, 0.1) is 24.6 Å². The van der Waals surface area contributed by atoms with Gasteiger partial charge in [-0.25, -0.2) is 4.39 Å². The molecule has 2 rings (SSSR count). The van der Waals surface area contributed by atoms with E-state index in [1.807, 2.05) is 6.07 Å². The summed E-state index contributed by atoms with van der Waals surface area (Å²) >= 11 is 0. The third kappa shape index (κ3) is 3.81. The molecule has 1 aromatic carbocycles. The second kappa shape index (κ2) is 6.88. The second-order valence-corrected chi connectivity index (χ2v) is 4.84. The van der Waals surface area contributed by atoms with Crippen LogP contribution in [0.15, 0.2) is 18.2 Å². The number of benzene rings is 1. The van der Waals surface area contributed by atoms with E-state index in [0.717, 1.165) is 12.8 Å². The molecule has 2 N–H and O–H groups in total. The van der Waals surface area contributed by atoms with E-state index in [-0.39, 0.29) is 30.5 Å². The number of rotatable bonds is 4. The zero-order chi connectivity index (χ0) is 15.2. The highest BCUT2D eigenvalue weighted by Gasteiger charge is 2.33. The van der Waals surface area contributed by atoms with Crippen molar-refractivity contribution in [3.8, 4) is 17.9 Å². The molecule has 1 fully saturated rings. The van der Waals surface area contributed by atoms with E-state index in [0.29, 0.717) is 12.1 Å². The SMILES string of the molecule is N#CCCN(C(=O)c1cc(C#CCN)ccc1F)C1CC1. The average Bonchev–Trinajstić information content (AvgIpc) is 3.31. The fourth-order valence-electron chi connectivity index (χ4n) is 2.08. The Morgan fingerprint density at radius 1 is 1.48 bits per heavy atom. The number of nitriles is 1. The predicted molar refractivity (Wildman–Crippen MR) is 76.6 cm³/mol. The highest BCUT2D eigenvalue weighted by atomic mass is 19.1. The second-order valence-electron chi connectivity index (χ2n) is 4.84. The van der Waals surface area contributed by atoms with E-state index in [9.17, 15) is 9.18 Å². The van der Waals surface area contributed by atoms with Crippen LogP contribution in [0.1, 0.15) is 35.2 Å². The van der Waals surface area contributed by atoms with Gasteiger partial charge in [0.1, 0.15) is 5.82 Å². The Labute approximate surface area is 123 Å². The first-order valence-electron chi connectivity index (χ1n) is 6.83. The van der Waals surface area contributed by atoms with Crippen molar-refractivity contribution in [1.29, 1.82) is 5.26 Å². The average molecular weight is 285 g/mol. The molecular weight excluding hydrogens is 269 g/mol. The number of carbonyl (C=O) groups excluding carboxylic acids is 1.